The van der Waals surface area contributed by atoms with Crippen molar-refractivity contribution in [3.8, 4) is 0 Å². The van der Waals surface area contributed by atoms with Gasteiger partial charge in [-0.1, -0.05) is 6.07 Å². The topological polar surface area (TPSA) is 130 Å². The molecule has 0 aromatic heterocycles. The number of carbonyl (C=O) groups is 2. The van der Waals surface area contributed by atoms with Crippen molar-refractivity contribution in [1.29, 1.82) is 0 Å². The molecule has 0 atom stereocenters. The van der Waals surface area contributed by atoms with Crippen LogP contribution in [0.3, 0.4) is 0 Å². The van der Waals surface area contributed by atoms with Crippen molar-refractivity contribution in [2.75, 3.05) is 10.6 Å². The van der Waals surface area contributed by atoms with Crippen LogP contribution in [0.4, 0.5) is 16.2 Å². The molecule has 5 N–H and O–H groups in total. The molecule has 0 saturated carbocycles. The molecule has 2 rings (SSSR count). The first-order valence-electron chi connectivity index (χ1n) is 8.08. The Bertz CT molecular complexity index is 948. The zero-order valence-electron chi connectivity index (χ0n) is 15.2. The maximum absolute atomic E-state index is 12.4. The van der Waals surface area contributed by atoms with Gasteiger partial charge in [0.2, 0.25) is 10.0 Å². The fourth-order valence-electron chi connectivity index (χ4n) is 2.25. The number of hydrogen-bond donors (Lipinski definition) is 4. The minimum absolute atomic E-state index is 0.0521. The lowest BCUT2D eigenvalue weighted by Crippen LogP contribution is -2.40. The van der Waals surface area contributed by atoms with Gasteiger partial charge in [-0.3, -0.25) is 4.79 Å². The molecule has 9 heteroatoms. The van der Waals surface area contributed by atoms with Crippen molar-refractivity contribution in [1.82, 2.24) is 4.72 Å². The van der Waals surface area contributed by atoms with Gasteiger partial charge in [0, 0.05) is 22.5 Å². The molecule has 3 amide bonds. The van der Waals surface area contributed by atoms with E-state index < -0.39 is 27.5 Å². The normalized spacial score (nSPS) is 11.7. The Morgan fingerprint density at radius 3 is 2.11 bits per heavy atom. The number of hydrogen-bond acceptors (Lipinski definition) is 4. The zero-order valence-corrected chi connectivity index (χ0v) is 16.1. The van der Waals surface area contributed by atoms with Gasteiger partial charge in [-0.15, -0.1) is 0 Å². The first-order chi connectivity index (χ1) is 12.5. The molecule has 8 nitrogen and oxygen atoms in total. The predicted octanol–water partition coefficient (Wildman–Crippen LogP) is 2.51. The number of rotatable bonds is 5. The van der Waals surface area contributed by atoms with E-state index in [1.54, 1.807) is 32.9 Å². The Morgan fingerprint density at radius 1 is 0.926 bits per heavy atom. The molecule has 27 heavy (non-hydrogen) atoms. The molecular formula is C18H22N4O4S. The van der Waals surface area contributed by atoms with Gasteiger partial charge >= 0.3 is 6.03 Å². The van der Waals surface area contributed by atoms with Crippen LogP contribution < -0.4 is 21.1 Å². The highest BCUT2D eigenvalue weighted by atomic mass is 32.2. The standard InChI is InChI=1S/C18H22N4O4S/c1-18(2,3)22-27(25,26)15-6-4-5-14(11-15)20-16(23)12-7-9-13(10-8-12)21-17(19)24/h4-11,22H,1-3H3,(H,20,23)(H3,19,21,24). The second-order valence-electron chi connectivity index (χ2n) is 6.90. The van der Waals surface area contributed by atoms with Crippen LogP contribution in [-0.4, -0.2) is 25.9 Å². The Balaban J connectivity index is 2.16. The summed E-state index contributed by atoms with van der Waals surface area (Å²) < 4.78 is 27.4. The monoisotopic (exact) mass is 390 g/mol. The summed E-state index contributed by atoms with van der Waals surface area (Å²) in [6, 6.07) is 11.4. The highest BCUT2D eigenvalue weighted by molar-refractivity contribution is 7.89. The maximum atomic E-state index is 12.4. The first kappa shape index (κ1) is 20.4. The molecule has 2 aromatic carbocycles. The fraction of sp³-hybridized carbons (Fsp3) is 0.222. The fourth-order valence-corrected chi connectivity index (χ4v) is 3.72. The summed E-state index contributed by atoms with van der Waals surface area (Å²) in [5.74, 6) is -0.418. The van der Waals surface area contributed by atoms with E-state index in [2.05, 4.69) is 15.4 Å². The van der Waals surface area contributed by atoms with Crippen LogP contribution in [0.15, 0.2) is 53.4 Å². The molecule has 0 aliphatic carbocycles. The van der Waals surface area contributed by atoms with Crippen molar-refractivity contribution >= 4 is 33.3 Å². The maximum Gasteiger partial charge on any atom is 0.316 e. The second kappa shape index (κ2) is 7.77. The quantitative estimate of drug-likeness (QED) is 0.625. The minimum Gasteiger partial charge on any atom is -0.351 e. The SMILES string of the molecule is CC(C)(C)NS(=O)(=O)c1cccc(NC(=O)c2ccc(NC(N)=O)cc2)c1. The Labute approximate surface area is 158 Å². The summed E-state index contributed by atoms with van der Waals surface area (Å²) in [7, 11) is -3.71. The highest BCUT2D eigenvalue weighted by Crippen LogP contribution is 2.18. The van der Waals surface area contributed by atoms with Crippen molar-refractivity contribution in [3.05, 3.63) is 54.1 Å². The summed E-state index contributed by atoms with van der Waals surface area (Å²) in [6.07, 6.45) is 0. The average Bonchev–Trinajstić information content (AvgIpc) is 2.53. The highest BCUT2D eigenvalue weighted by Gasteiger charge is 2.22. The molecule has 0 unspecified atom stereocenters. The van der Waals surface area contributed by atoms with Crippen LogP contribution in [-0.2, 0) is 10.0 Å². The summed E-state index contributed by atoms with van der Waals surface area (Å²) in [5.41, 5.74) is 5.54. The number of nitrogens with two attached hydrogens (primary N) is 1. The molecule has 0 aliphatic heterocycles. The van der Waals surface area contributed by atoms with Crippen LogP contribution >= 0.6 is 0 Å². The van der Waals surface area contributed by atoms with Gasteiger partial charge in [0.1, 0.15) is 0 Å². The van der Waals surface area contributed by atoms with E-state index in [0.717, 1.165) is 0 Å². The first-order valence-corrected chi connectivity index (χ1v) is 9.56. The lowest BCUT2D eigenvalue weighted by atomic mass is 10.1. The summed E-state index contributed by atoms with van der Waals surface area (Å²) in [4.78, 5) is 23.2. The largest absolute Gasteiger partial charge is 0.351 e. The van der Waals surface area contributed by atoms with E-state index in [0.29, 0.717) is 16.9 Å². The predicted molar refractivity (Wildman–Crippen MR) is 104 cm³/mol. The van der Waals surface area contributed by atoms with Crippen LogP contribution in [0, 0.1) is 0 Å². The van der Waals surface area contributed by atoms with Gasteiger partial charge in [-0.05, 0) is 63.2 Å². The van der Waals surface area contributed by atoms with Crippen molar-refractivity contribution in [2.45, 2.75) is 31.2 Å². The van der Waals surface area contributed by atoms with Crippen molar-refractivity contribution < 1.29 is 18.0 Å². The minimum atomic E-state index is -3.71. The number of anilines is 2. The van der Waals surface area contributed by atoms with E-state index >= 15 is 0 Å². The Kier molecular flexibility index (Phi) is 5.87. The summed E-state index contributed by atoms with van der Waals surface area (Å²) in [6.45, 7) is 5.23. The van der Waals surface area contributed by atoms with E-state index in [1.165, 1.54) is 36.4 Å². The van der Waals surface area contributed by atoms with Gasteiger partial charge in [0.15, 0.2) is 0 Å². The number of amides is 3. The number of sulfonamides is 1. The Morgan fingerprint density at radius 2 is 1.56 bits per heavy atom. The number of urea groups is 1. The second-order valence-corrected chi connectivity index (χ2v) is 8.59. The Hall–Kier alpha value is -2.91. The van der Waals surface area contributed by atoms with E-state index in [1.807, 2.05) is 0 Å². The molecule has 0 radical (unpaired) electrons. The van der Waals surface area contributed by atoms with Gasteiger partial charge < -0.3 is 16.4 Å². The number of nitrogens with one attached hydrogen (secondary N) is 3. The molecule has 2 aromatic rings. The van der Waals surface area contributed by atoms with E-state index in [4.69, 9.17) is 5.73 Å². The third-order valence-corrected chi connectivity index (χ3v) is 5.01. The molecule has 0 saturated heterocycles. The lowest BCUT2D eigenvalue weighted by Gasteiger charge is -2.20. The lowest BCUT2D eigenvalue weighted by molar-refractivity contribution is 0.102. The van der Waals surface area contributed by atoms with Gasteiger partial charge in [-0.2, -0.15) is 0 Å². The summed E-state index contributed by atoms with van der Waals surface area (Å²) >= 11 is 0. The van der Waals surface area contributed by atoms with Crippen molar-refractivity contribution in [2.24, 2.45) is 5.73 Å². The number of carbonyl (C=O) groups excluding carboxylic acids is 2. The third kappa shape index (κ3) is 6.08. The van der Waals surface area contributed by atoms with Crippen LogP contribution in [0.2, 0.25) is 0 Å². The number of primary amides is 1. The molecule has 0 bridgehead atoms. The molecule has 144 valence electrons. The zero-order chi connectivity index (χ0) is 20.2. The van der Waals surface area contributed by atoms with Gasteiger partial charge in [0.25, 0.3) is 5.91 Å². The van der Waals surface area contributed by atoms with Gasteiger partial charge in [-0.25, -0.2) is 17.9 Å². The molecule has 0 heterocycles. The van der Waals surface area contributed by atoms with Crippen LogP contribution in [0.5, 0.6) is 0 Å². The smallest absolute Gasteiger partial charge is 0.316 e. The van der Waals surface area contributed by atoms with E-state index in [-0.39, 0.29) is 4.90 Å². The molecule has 0 fully saturated rings. The third-order valence-electron chi connectivity index (χ3n) is 3.26. The summed E-state index contributed by atoms with van der Waals surface area (Å²) in [5, 5.41) is 5.05. The van der Waals surface area contributed by atoms with Gasteiger partial charge in [0.05, 0.1) is 4.90 Å². The average molecular weight is 390 g/mol. The van der Waals surface area contributed by atoms with Crippen LogP contribution in [0.25, 0.3) is 0 Å². The number of benzene rings is 2. The van der Waals surface area contributed by atoms with E-state index in [9.17, 15) is 18.0 Å². The molecular weight excluding hydrogens is 368 g/mol. The van der Waals surface area contributed by atoms with Crippen LogP contribution in [0.1, 0.15) is 31.1 Å². The molecule has 0 aliphatic rings. The van der Waals surface area contributed by atoms with Crippen molar-refractivity contribution in [3.63, 3.8) is 0 Å². The molecule has 0 spiro atoms.